The molecule has 1 saturated heterocycles. The van der Waals surface area contributed by atoms with Crippen molar-refractivity contribution >= 4 is 35.1 Å². The monoisotopic (exact) mass is 401 g/mol. The number of anilines is 2. The second-order valence-electron chi connectivity index (χ2n) is 6.24. The Morgan fingerprint density at radius 2 is 2.21 bits per heavy atom. The SMILES string of the molecule is [2H]c1nc(NC2CCN(C(=O)c3ccc(NC(=O)C=C)cc3)C2)[nH]c(=NC)c1Cl. The van der Waals surface area contributed by atoms with Gasteiger partial charge in [-0.15, -0.1) is 0 Å². The number of hydrogen-bond donors (Lipinski definition) is 3. The number of rotatable bonds is 5. The summed E-state index contributed by atoms with van der Waals surface area (Å²) < 4.78 is 7.81. The lowest BCUT2D eigenvalue weighted by Crippen LogP contribution is -2.32. The standard InChI is InChI=1S/C19H21ClN6O2/c1-3-16(27)23-13-6-4-12(5-7-13)18(28)26-9-8-14(11-26)24-19-22-10-15(20)17(21-2)25-19/h3-7,10,14H,1,8-9,11H2,2H3,(H,23,27)(H2,21,22,24,25)/i10D. The Morgan fingerprint density at radius 1 is 1.46 bits per heavy atom. The second-order valence-corrected chi connectivity index (χ2v) is 6.61. The Balaban J connectivity index is 1.63. The zero-order valence-corrected chi connectivity index (χ0v) is 16.1. The van der Waals surface area contributed by atoms with Crippen molar-refractivity contribution in [1.82, 2.24) is 14.9 Å². The van der Waals surface area contributed by atoms with E-state index in [4.69, 9.17) is 13.0 Å². The highest BCUT2D eigenvalue weighted by Gasteiger charge is 2.27. The van der Waals surface area contributed by atoms with E-state index in [0.29, 0.717) is 35.8 Å². The first-order chi connectivity index (χ1) is 13.9. The molecule has 28 heavy (non-hydrogen) atoms. The van der Waals surface area contributed by atoms with Gasteiger partial charge in [-0.25, -0.2) is 4.98 Å². The Bertz CT molecular complexity index is 1000. The summed E-state index contributed by atoms with van der Waals surface area (Å²) >= 11 is 5.98. The number of aromatic amines is 1. The van der Waals surface area contributed by atoms with Crippen LogP contribution in [0.4, 0.5) is 11.6 Å². The summed E-state index contributed by atoms with van der Waals surface area (Å²) in [6, 6.07) is 6.70. The van der Waals surface area contributed by atoms with E-state index >= 15 is 0 Å². The molecule has 1 aliphatic rings. The van der Waals surface area contributed by atoms with Crippen molar-refractivity contribution in [2.75, 3.05) is 30.8 Å². The third kappa shape index (κ3) is 4.58. The summed E-state index contributed by atoms with van der Waals surface area (Å²) in [5, 5.41) is 6.01. The van der Waals surface area contributed by atoms with Crippen LogP contribution in [0.25, 0.3) is 0 Å². The number of carbonyl (C=O) groups excluding carboxylic acids is 2. The summed E-state index contributed by atoms with van der Waals surface area (Å²) in [6.45, 7) is 4.50. The molecule has 0 radical (unpaired) electrons. The number of aromatic nitrogens is 2. The fourth-order valence-electron chi connectivity index (χ4n) is 2.90. The fourth-order valence-corrected chi connectivity index (χ4v) is 3.08. The van der Waals surface area contributed by atoms with Crippen LogP contribution in [-0.4, -0.2) is 52.9 Å². The molecular formula is C19H21ClN6O2. The summed E-state index contributed by atoms with van der Waals surface area (Å²) in [5.41, 5.74) is 1.52. The minimum atomic E-state index is -0.306. The molecule has 1 aliphatic heterocycles. The van der Waals surface area contributed by atoms with Crippen LogP contribution < -0.4 is 16.1 Å². The van der Waals surface area contributed by atoms with E-state index in [1.165, 1.54) is 6.08 Å². The molecule has 1 aromatic heterocycles. The molecule has 2 heterocycles. The summed E-state index contributed by atoms with van der Waals surface area (Å²) in [5.74, 6) is -0.00371. The van der Waals surface area contributed by atoms with Gasteiger partial charge in [-0.2, -0.15) is 0 Å². The largest absolute Gasteiger partial charge is 0.351 e. The molecular weight excluding hydrogens is 380 g/mol. The third-order valence-electron chi connectivity index (χ3n) is 4.34. The van der Waals surface area contributed by atoms with Crippen LogP contribution in [0.2, 0.25) is 5.02 Å². The van der Waals surface area contributed by atoms with Gasteiger partial charge in [0.15, 0.2) is 0 Å². The zero-order chi connectivity index (χ0) is 21.0. The molecule has 3 N–H and O–H groups in total. The van der Waals surface area contributed by atoms with Gasteiger partial charge in [-0.05, 0) is 36.8 Å². The lowest BCUT2D eigenvalue weighted by molar-refractivity contribution is -0.111. The number of nitrogens with one attached hydrogen (secondary N) is 3. The average molecular weight is 402 g/mol. The van der Waals surface area contributed by atoms with E-state index in [-0.39, 0.29) is 29.1 Å². The number of hydrogen-bond acceptors (Lipinski definition) is 5. The van der Waals surface area contributed by atoms with Gasteiger partial charge in [0.05, 0.1) is 7.54 Å². The van der Waals surface area contributed by atoms with Crippen LogP contribution >= 0.6 is 11.6 Å². The number of benzene rings is 1. The minimum Gasteiger partial charge on any atom is -0.351 e. The molecule has 0 spiro atoms. The normalized spacial score (nSPS) is 17.2. The van der Waals surface area contributed by atoms with E-state index in [9.17, 15) is 9.59 Å². The first-order valence-corrected chi connectivity index (χ1v) is 9.07. The molecule has 3 rings (SSSR count). The Morgan fingerprint density at radius 3 is 2.89 bits per heavy atom. The maximum atomic E-state index is 12.7. The molecule has 0 aliphatic carbocycles. The molecule has 1 unspecified atom stereocenters. The van der Waals surface area contributed by atoms with Crippen LogP contribution in [0.3, 0.4) is 0 Å². The van der Waals surface area contributed by atoms with E-state index in [2.05, 4.69) is 32.2 Å². The zero-order valence-electron chi connectivity index (χ0n) is 16.3. The lowest BCUT2D eigenvalue weighted by Gasteiger charge is -2.17. The number of likely N-dealkylation sites (tertiary alicyclic amines) is 1. The van der Waals surface area contributed by atoms with Crippen LogP contribution in [0.15, 0.2) is 48.1 Å². The van der Waals surface area contributed by atoms with Gasteiger partial charge >= 0.3 is 0 Å². The molecule has 1 atom stereocenters. The van der Waals surface area contributed by atoms with E-state index in [0.717, 1.165) is 6.42 Å². The van der Waals surface area contributed by atoms with Crippen molar-refractivity contribution in [3.63, 3.8) is 0 Å². The number of amides is 2. The van der Waals surface area contributed by atoms with Gasteiger partial charge in [0.25, 0.3) is 5.91 Å². The maximum Gasteiger partial charge on any atom is 0.253 e. The summed E-state index contributed by atoms with van der Waals surface area (Å²) in [7, 11) is 1.57. The van der Waals surface area contributed by atoms with Gasteiger partial charge in [0.1, 0.15) is 10.5 Å². The highest BCUT2D eigenvalue weighted by molar-refractivity contribution is 6.30. The van der Waals surface area contributed by atoms with Gasteiger partial charge in [-0.1, -0.05) is 18.2 Å². The molecule has 1 aromatic carbocycles. The molecule has 0 saturated carbocycles. The van der Waals surface area contributed by atoms with Crippen LogP contribution in [0, 0.1) is 0 Å². The highest BCUT2D eigenvalue weighted by Crippen LogP contribution is 2.18. The molecule has 8 nitrogen and oxygen atoms in total. The van der Waals surface area contributed by atoms with Crippen molar-refractivity contribution in [2.45, 2.75) is 12.5 Å². The van der Waals surface area contributed by atoms with E-state index in [1.807, 2.05) is 0 Å². The maximum absolute atomic E-state index is 12.7. The van der Waals surface area contributed by atoms with Gasteiger partial charge in [-0.3, -0.25) is 14.6 Å². The number of H-pyrrole nitrogens is 1. The third-order valence-corrected chi connectivity index (χ3v) is 4.60. The topological polar surface area (TPSA) is 102 Å². The first kappa shape index (κ1) is 18.2. The highest BCUT2D eigenvalue weighted by atomic mass is 35.5. The Labute approximate surface area is 168 Å². The fraction of sp³-hybridized carbons (Fsp3) is 0.263. The summed E-state index contributed by atoms with van der Waals surface area (Å²) in [6.07, 6.45) is 1.86. The number of halogens is 1. The van der Waals surface area contributed by atoms with Gasteiger partial charge in [0, 0.05) is 37.4 Å². The van der Waals surface area contributed by atoms with Crippen molar-refractivity contribution in [1.29, 1.82) is 0 Å². The second kappa shape index (κ2) is 8.71. The smallest absolute Gasteiger partial charge is 0.253 e. The van der Waals surface area contributed by atoms with Crippen molar-refractivity contribution < 1.29 is 11.0 Å². The van der Waals surface area contributed by atoms with E-state index < -0.39 is 0 Å². The molecule has 9 heteroatoms. The predicted molar refractivity (Wildman–Crippen MR) is 108 cm³/mol. The van der Waals surface area contributed by atoms with Crippen LogP contribution in [0.5, 0.6) is 0 Å². The molecule has 1 fully saturated rings. The molecule has 0 bridgehead atoms. The molecule has 146 valence electrons. The van der Waals surface area contributed by atoms with Crippen molar-refractivity contribution in [2.24, 2.45) is 4.99 Å². The Kier molecular flexibility index (Phi) is 5.67. The average Bonchev–Trinajstić information content (AvgIpc) is 3.18. The van der Waals surface area contributed by atoms with Gasteiger partial charge < -0.3 is 20.5 Å². The number of nitrogens with zero attached hydrogens (tertiary/aromatic N) is 3. The minimum absolute atomic E-state index is 0.0147. The Hall–Kier alpha value is -3.13. The molecule has 2 aromatic rings. The quantitative estimate of drug-likeness (QED) is 0.667. The lowest BCUT2D eigenvalue weighted by atomic mass is 10.2. The van der Waals surface area contributed by atoms with Crippen LogP contribution in [0.1, 0.15) is 18.1 Å². The van der Waals surface area contributed by atoms with Crippen molar-refractivity contribution in [3.05, 3.63) is 59.2 Å². The summed E-state index contributed by atoms with van der Waals surface area (Å²) in [4.78, 5) is 36.8. The van der Waals surface area contributed by atoms with Gasteiger partial charge in [0.2, 0.25) is 11.9 Å². The first-order valence-electron chi connectivity index (χ1n) is 9.19. The van der Waals surface area contributed by atoms with E-state index in [1.54, 1.807) is 36.2 Å². The molecule has 2 amide bonds. The van der Waals surface area contributed by atoms with Crippen molar-refractivity contribution in [3.8, 4) is 0 Å². The number of carbonyl (C=O) groups is 2. The van der Waals surface area contributed by atoms with Crippen LogP contribution in [-0.2, 0) is 4.79 Å². The predicted octanol–water partition coefficient (Wildman–Crippen LogP) is 2.04.